The lowest BCUT2D eigenvalue weighted by atomic mass is 10.2. The fourth-order valence-corrected chi connectivity index (χ4v) is 2.74. The van der Waals surface area contributed by atoms with Gasteiger partial charge in [0.25, 0.3) is 0 Å². The highest BCUT2D eigenvalue weighted by Crippen LogP contribution is 2.13. The molecule has 0 fully saturated rings. The lowest BCUT2D eigenvalue weighted by Gasteiger charge is -2.07. The van der Waals surface area contributed by atoms with Crippen molar-refractivity contribution in [3.8, 4) is 0 Å². The van der Waals surface area contributed by atoms with Gasteiger partial charge in [-0.15, -0.1) is 0 Å². The minimum atomic E-state index is -3.46. The van der Waals surface area contributed by atoms with Crippen LogP contribution in [0.2, 0.25) is 0 Å². The zero-order chi connectivity index (χ0) is 12.3. The second kappa shape index (κ2) is 4.68. The normalized spacial score (nSPS) is 11.6. The van der Waals surface area contributed by atoms with E-state index < -0.39 is 10.0 Å². The van der Waals surface area contributed by atoms with Gasteiger partial charge in [-0.05, 0) is 24.6 Å². The van der Waals surface area contributed by atoms with Crippen molar-refractivity contribution in [1.82, 2.24) is 14.9 Å². The van der Waals surface area contributed by atoms with Gasteiger partial charge in [0.15, 0.2) is 0 Å². The predicted molar refractivity (Wildman–Crippen MR) is 63.8 cm³/mol. The zero-order valence-corrected chi connectivity index (χ0v) is 10.2. The van der Waals surface area contributed by atoms with Crippen LogP contribution in [0.5, 0.6) is 0 Å². The average Bonchev–Trinajstić information content (AvgIpc) is 2.80. The molecule has 1 aromatic heterocycles. The fourth-order valence-electron chi connectivity index (χ4n) is 1.49. The van der Waals surface area contributed by atoms with Crippen molar-refractivity contribution in [3.63, 3.8) is 0 Å². The molecule has 0 aliphatic rings. The molecule has 0 spiro atoms. The molecular weight excluding hydrogens is 238 g/mol. The lowest BCUT2D eigenvalue weighted by molar-refractivity contribution is 0.579. The number of hydrogen-bond acceptors (Lipinski definition) is 3. The van der Waals surface area contributed by atoms with E-state index in [0.717, 1.165) is 11.3 Å². The molecule has 0 saturated heterocycles. The third kappa shape index (κ3) is 2.72. The molecule has 0 amide bonds. The monoisotopic (exact) mass is 251 g/mol. The van der Waals surface area contributed by atoms with Gasteiger partial charge in [0.05, 0.1) is 17.1 Å². The second-order valence-corrected chi connectivity index (χ2v) is 5.41. The number of benzene rings is 1. The molecule has 1 heterocycles. The number of hydrogen-bond donors (Lipinski definition) is 2. The van der Waals surface area contributed by atoms with E-state index in [1.54, 1.807) is 37.4 Å². The summed E-state index contributed by atoms with van der Waals surface area (Å²) in [5, 5.41) is 6.45. The van der Waals surface area contributed by atoms with Crippen LogP contribution in [-0.2, 0) is 16.6 Å². The summed E-state index contributed by atoms with van der Waals surface area (Å²) in [6, 6.07) is 8.59. The Morgan fingerprint density at radius 2 is 2.06 bits per heavy atom. The minimum Gasteiger partial charge on any atom is -0.281 e. The van der Waals surface area contributed by atoms with Crippen LogP contribution in [0, 0.1) is 6.92 Å². The van der Waals surface area contributed by atoms with Gasteiger partial charge < -0.3 is 0 Å². The van der Waals surface area contributed by atoms with E-state index in [9.17, 15) is 8.42 Å². The summed E-state index contributed by atoms with van der Waals surface area (Å²) in [4.78, 5) is 0.305. The van der Waals surface area contributed by atoms with Crippen molar-refractivity contribution < 1.29 is 8.42 Å². The molecule has 90 valence electrons. The molecule has 2 rings (SSSR count). The summed E-state index contributed by atoms with van der Waals surface area (Å²) in [6.45, 7) is 1.97. The summed E-state index contributed by atoms with van der Waals surface area (Å²) >= 11 is 0. The Hall–Kier alpha value is -1.66. The van der Waals surface area contributed by atoms with Gasteiger partial charge in [0.2, 0.25) is 10.0 Å². The molecule has 17 heavy (non-hydrogen) atoms. The molecule has 0 aliphatic carbocycles. The van der Waals surface area contributed by atoms with Crippen molar-refractivity contribution in [2.45, 2.75) is 18.4 Å². The summed E-state index contributed by atoms with van der Waals surface area (Å²) in [7, 11) is -3.46. The first-order valence-corrected chi connectivity index (χ1v) is 6.61. The predicted octanol–water partition coefficient (Wildman–Crippen LogP) is 1.20. The highest BCUT2D eigenvalue weighted by atomic mass is 32.2. The van der Waals surface area contributed by atoms with Crippen LogP contribution >= 0.6 is 0 Å². The molecule has 0 radical (unpaired) electrons. The van der Waals surface area contributed by atoms with E-state index >= 15 is 0 Å². The lowest BCUT2D eigenvalue weighted by Crippen LogP contribution is -2.24. The Bertz CT molecular complexity index is 591. The number of H-pyrrole nitrogens is 1. The summed E-state index contributed by atoms with van der Waals surface area (Å²) < 4.78 is 26.5. The summed E-state index contributed by atoms with van der Waals surface area (Å²) in [5.41, 5.74) is 1.45. The Balaban J connectivity index is 2.17. The van der Waals surface area contributed by atoms with Crippen molar-refractivity contribution in [1.29, 1.82) is 0 Å². The first-order chi connectivity index (χ1) is 8.09. The minimum absolute atomic E-state index is 0.205. The van der Waals surface area contributed by atoms with Gasteiger partial charge in [0.1, 0.15) is 0 Å². The Labute approximate surface area is 99.9 Å². The molecule has 0 saturated carbocycles. The number of aromatic nitrogens is 2. The summed E-state index contributed by atoms with van der Waals surface area (Å²) in [5.74, 6) is 0. The van der Waals surface area contributed by atoms with Crippen molar-refractivity contribution in [2.24, 2.45) is 0 Å². The Kier molecular flexibility index (Phi) is 3.26. The van der Waals surface area contributed by atoms with E-state index in [1.165, 1.54) is 0 Å². The fraction of sp³-hybridized carbons (Fsp3) is 0.182. The van der Waals surface area contributed by atoms with E-state index in [1.807, 2.05) is 6.07 Å². The quantitative estimate of drug-likeness (QED) is 0.857. The van der Waals surface area contributed by atoms with Crippen LogP contribution in [0.1, 0.15) is 11.3 Å². The number of nitrogens with zero attached hydrogens (tertiary/aromatic N) is 1. The largest absolute Gasteiger partial charge is 0.281 e. The van der Waals surface area contributed by atoms with E-state index in [0.29, 0.717) is 4.90 Å². The van der Waals surface area contributed by atoms with Crippen LogP contribution in [0.4, 0.5) is 0 Å². The molecule has 2 aromatic rings. The van der Waals surface area contributed by atoms with Gasteiger partial charge in [-0.2, -0.15) is 5.10 Å². The standard InChI is InChI=1S/C11H13N3O2S/c1-9-4-2-3-5-11(9)17(15,16)13-8-10-6-7-12-14-10/h2-7,13H,8H2,1H3,(H,12,14). The third-order valence-corrected chi connectivity index (χ3v) is 3.96. The van der Waals surface area contributed by atoms with Crippen LogP contribution in [0.3, 0.4) is 0 Å². The topological polar surface area (TPSA) is 74.8 Å². The molecule has 2 N–H and O–H groups in total. The van der Waals surface area contributed by atoms with E-state index in [-0.39, 0.29) is 6.54 Å². The average molecular weight is 251 g/mol. The van der Waals surface area contributed by atoms with E-state index in [2.05, 4.69) is 14.9 Å². The zero-order valence-electron chi connectivity index (χ0n) is 9.34. The smallest absolute Gasteiger partial charge is 0.241 e. The van der Waals surface area contributed by atoms with Crippen molar-refractivity contribution >= 4 is 10.0 Å². The number of nitrogens with one attached hydrogen (secondary N) is 2. The molecule has 5 nitrogen and oxygen atoms in total. The summed E-state index contributed by atoms with van der Waals surface area (Å²) in [6.07, 6.45) is 1.58. The molecule has 0 atom stereocenters. The van der Waals surface area contributed by atoms with Crippen LogP contribution in [0.25, 0.3) is 0 Å². The maximum absolute atomic E-state index is 12.0. The van der Waals surface area contributed by atoms with Crippen molar-refractivity contribution in [2.75, 3.05) is 0 Å². The first-order valence-electron chi connectivity index (χ1n) is 5.13. The maximum Gasteiger partial charge on any atom is 0.241 e. The van der Waals surface area contributed by atoms with Crippen molar-refractivity contribution in [3.05, 3.63) is 47.8 Å². The Morgan fingerprint density at radius 1 is 1.29 bits per heavy atom. The van der Waals surface area contributed by atoms with Crippen LogP contribution in [0.15, 0.2) is 41.4 Å². The molecule has 0 bridgehead atoms. The van der Waals surface area contributed by atoms with Gasteiger partial charge in [0, 0.05) is 6.20 Å². The first kappa shape index (κ1) is 11.8. The number of rotatable bonds is 4. The molecule has 0 unspecified atom stereocenters. The number of aromatic amines is 1. The SMILES string of the molecule is Cc1ccccc1S(=O)(=O)NCc1ccn[nH]1. The second-order valence-electron chi connectivity index (χ2n) is 3.67. The van der Waals surface area contributed by atoms with Gasteiger partial charge in [-0.1, -0.05) is 18.2 Å². The van der Waals surface area contributed by atoms with Crippen LogP contribution in [-0.4, -0.2) is 18.6 Å². The number of sulfonamides is 1. The highest BCUT2D eigenvalue weighted by molar-refractivity contribution is 7.89. The molecular formula is C11H13N3O2S. The number of aryl methyl sites for hydroxylation is 1. The Morgan fingerprint density at radius 3 is 2.71 bits per heavy atom. The molecule has 6 heteroatoms. The van der Waals surface area contributed by atoms with Crippen LogP contribution < -0.4 is 4.72 Å². The van der Waals surface area contributed by atoms with Gasteiger partial charge in [-0.25, -0.2) is 13.1 Å². The molecule has 0 aliphatic heterocycles. The van der Waals surface area contributed by atoms with E-state index in [4.69, 9.17) is 0 Å². The maximum atomic E-state index is 12.0. The molecule has 1 aromatic carbocycles. The van der Waals surface area contributed by atoms with Gasteiger partial charge in [-0.3, -0.25) is 5.10 Å². The highest BCUT2D eigenvalue weighted by Gasteiger charge is 2.15. The third-order valence-electron chi connectivity index (χ3n) is 2.39. The van der Waals surface area contributed by atoms with Gasteiger partial charge >= 0.3 is 0 Å².